The predicted octanol–water partition coefficient (Wildman–Crippen LogP) is 2.31. The summed E-state index contributed by atoms with van der Waals surface area (Å²) in [6.07, 6.45) is 7.29. The molecule has 11 heavy (non-hydrogen) atoms. The van der Waals surface area contributed by atoms with Crippen molar-refractivity contribution >= 4 is 5.71 Å². The molecule has 0 unspecified atom stereocenters. The zero-order chi connectivity index (χ0) is 8.43. The number of nitrogens with zero attached hydrogens (tertiary/aromatic N) is 1. The molecular formula is C10H11N. The van der Waals surface area contributed by atoms with Crippen LogP contribution in [0.3, 0.4) is 0 Å². The summed E-state index contributed by atoms with van der Waals surface area (Å²) in [4.78, 5) is 4.26. The third kappa shape index (κ3) is 1.40. The number of rotatable bonds is 0. The highest BCUT2D eigenvalue weighted by molar-refractivity contribution is 6.04. The first-order chi connectivity index (χ1) is 5.15. The highest BCUT2D eigenvalue weighted by atomic mass is 14.8. The molecule has 0 amide bonds. The van der Waals surface area contributed by atoms with Crippen molar-refractivity contribution in [2.75, 3.05) is 0 Å². The molecule has 1 aliphatic heterocycles. The lowest BCUT2D eigenvalue weighted by molar-refractivity contribution is 1.33. The largest absolute Gasteiger partial charge is 0.258 e. The Morgan fingerprint density at radius 1 is 1.55 bits per heavy atom. The van der Waals surface area contributed by atoms with Crippen molar-refractivity contribution in [1.29, 1.82) is 0 Å². The number of hydrogen-bond acceptors (Lipinski definition) is 1. The van der Waals surface area contributed by atoms with E-state index in [4.69, 9.17) is 6.42 Å². The molecule has 1 aliphatic rings. The molecular weight excluding hydrogens is 134 g/mol. The van der Waals surface area contributed by atoms with Gasteiger partial charge in [-0.1, -0.05) is 5.92 Å². The Morgan fingerprint density at radius 3 is 2.55 bits per heavy atom. The lowest BCUT2D eigenvalue weighted by Gasteiger charge is -1.95. The zero-order valence-corrected chi connectivity index (χ0v) is 7.10. The molecule has 0 saturated heterocycles. The first-order valence-electron chi connectivity index (χ1n) is 3.56. The van der Waals surface area contributed by atoms with E-state index in [0.29, 0.717) is 0 Å². The summed E-state index contributed by atoms with van der Waals surface area (Å²) < 4.78 is 0. The Hall–Kier alpha value is -1.29. The molecule has 0 N–H and O–H groups in total. The van der Waals surface area contributed by atoms with Gasteiger partial charge in [0.1, 0.15) is 0 Å². The fourth-order valence-electron chi connectivity index (χ4n) is 1.13. The van der Waals surface area contributed by atoms with Crippen LogP contribution >= 0.6 is 0 Å². The van der Waals surface area contributed by atoms with Crippen LogP contribution in [0, 0.1) is 12.3 Å². The summed E-state index contributed by atoms with van der Waals surface area (Å²) in [6, 6.07) is 0. The van der Waals surface area contributed by atoms with E-state index in [1.54, 1.807) is 0 Å². The van der Waals surface area contributed by atoms with E-state index < -0.39 is 0 Å². The van der Waals surface area contributed by atoms with Gasteiger partial charge >= 0.3 is 0 Å². The molecule has 1 nitrogen and oxygen atoms in total. The van der Waals surface area contributed by atoms with Gasteiger partial charge in [-0.3, -0.25) is 4.99 Å². The molecule has 0 aromatic carbocycles. The summed E-state index contributed by atoms with van der Waals surface area (Å²) in [5.41, 5.74) is 4.12. The summed E-state index contributed by atoms with van der Waals surface area (Å²) in [7, 11) is 0. The van der Waals surface area contributed by atoms with Gasteiger partial charge in [0.25, 0.3) is 0 Å². The minimum absolute atomic E-state index is 0.961. The van der Waals surface area contributed by atoms with E-state index in [1.807, 2.05) is 26.8 Å². The van der Waals surface area contributed by atoms with Crippen molar-refractivity contribution in [3.63, 3.8) is 0 Å². The van der Waals surface area contributed by atoms with Gasteiger partial charge in [0.15, 0.2) is 0 Å². The van der Waals surface area contributed by atoms with Crippen molar-refractivity contribution in [2.24, 2.45) is 4.99 Å². The Morgan fingerprint density at radius 2 is 2.18 bits per heavy atom. The van der Waals surface area contributed by atoms with Crippen molar-refractivity contribution in [3.05, 3.63) is 22.9 Å². The van der Waals surface area contributed by atoms with Crippen LogP contribution in [0.4, 0.5) is 0 Å². The third-order valence-electron chi connectivity index (χ3n) is 1.71. The number of allylic oxidation sites excluding steroid dienone is 4. The van der Waals surface area contributed by atoms with Crippen LogP contribution in [0.15, 0.2) is 27.9 Å². The Bertz CT molecular complexity index is 308. The lowest BCUT2D eigenvalue weighted by atomic mass is 10.1. The second-order valence-electron chi connectivity index (χ2n) is 2.67. The van der Waals surface area contributed by atoms with Gasteiger partial charge in [0.2, 0.25) is 0 Å². The molecule has 0 bridgehead atoms. The van der Waals surface area contributed by atoms with Crippen molar-refractivity contribution in [2.45, 2.75) is 20.8 Å². The molecule has 0 aromatic rings. The van der Waals surface area contributed by atoms with Gasteiger partial charge in [0.05, 0.1) is 0 Å². The van der Waals surface area contributed by atoms with Gasteiger partial charge in [-0.25, -0.2) is 0 Å². The topological polar surface area (TPSA) is 12.4 Å². The van der Waals surface area contributed by atoms with Crippen molar-refractivity contribution in [1.82, 2.24) is 0 Å². The van der Waals surface area contributed by atoms with Crippen LogP contribution in [0.5, 0.6) is 0 Å². The SMILES string of the molecule is C#CC(C)=C1C=C(C)N=C1C. The van der Waals surface area contributed by atoms with Crippen molar-refractivity contribution < 1.29 is 0 Å². The number of terminal acetylenes is 1. The van der Waals surface area contributed by atoms with Crippen molar-refractivity contribution in [3.8, 4) is 12.3 Å². The molecule has 0 spiro atoms. The van der Waals surface area contributed by atoms with Crippen LogP contribution in [0.25, 0.3) is 0 Å². The summed E-state index contributed by atoms with van der Waals surface area (Å²) >= 11 is 0. The molecule has 1 heteroatoms. The zero-order valence-electron chi connectivity index (χ0n) is 7.10. The predicted molar refractivity (Wildman–Crippen MR) is 48.4 cm³/mol. The Kier molecular flexibility index (Phi) is 1.96. The molecule has 1 rings (SSSR count). The van der Waals surface area contributed by atoms with Gasteiger partial charge in [-0.2, -0.15) is 0 Å². The van der Waals surface area contributed by atoms with Crippen LogP contribution in [0.1, 0.15) is 20.8 Å². The first-order valence-corrected chi connectivity index (χ1v) is 3.56. The molecule has 56 valence electrons. The maximum atomic E-state index is 5.27. The second-order valence-corrected chi connectivity index (χ2v) is 2.67. The molecule has 0 radical (unpaired) electrons. The van der Waals surface area contributed by atoms with E-state index in [9.17, 15) is 0 Å². The molecule has 0 aliphatic carbocycles. The fraction of sp³-hybridized carbons (Fsp3) is 0.300. The number of hydrogen-bond donors (Lipinski definition) is 0. The van der Waals surface area contributed by atoms with E-state index in [-0.39, 0.29) is 0 Å². The minimum atomic E-state index is 0.961. The highest BCUT2D eigenvalue weighted by Gasteiger charge is 2.08. The average molecular weight is 145 g/mol. The molecule has 0 atom stereocenters. The maximum absolute atomic E-state index is 5.27. The lowest BCUT2D eigenvalue weighted by Crippen LogP contribution is -1.92. The minimum Gasteiger partial charge on any atom is -0.258 e. The molecule has 1 heterocycles. The monoisotopic (exact) mass is 145 g/mol. The van der Waals surface area contributed by atoms with Crippen LogP contribution in [-0.4, -0.2) is 5.71 Å². The van der Waals surface area contributed by atoms with Gasteiger partial charge in [-0.15, -0.1) is 6.42 Å². The van der Waals surface area contributed by atoms with Gasteiger partial charge < -0.3 is 0 Å². The summed E-state index contributed by atoms with van der Waals surface area (Å²) in [5.74, 6) is 2.61. The van der Waals surface area contributed by atoms with Gasteiger partial charge in [-0.05, 0) is 26.8 Å². The van der Waals surface area contributed by atoms with E-state index in [0.717, 1.165) is 22.6 Å². The van der Waals surface area contributed by atoms with Crippen LogP contribution in [-0.2, 0) is 0 Å². The third-order valence-corrected chi connectivity index (χ3v) is 1.71. The van der Waals surface area contributed by atoms with Gasteiger partial charge in [0, 0.05) is 22.6 Å². The first kappa shape index (κ1) is 7.81. The second kappa shape index (κ2) is 2.75. The Labute approximate surface area is 67.5 Å². The highest BCUT2D eigenvalue weighted by Crippen LogP contribution is 2.18. The summed E-state index contributed by atoms with van der Waals surface area (Å²) in [6.45, 7) is 5.88. The quantitative estimate of drug-likeness (QED) is 0.464. The van der Waals surface area contributed by atoms with E-state index in [1.165, 1.54) is 0 Å². The van der Waals surface area contributed by atoms with Crippen LogP contribution < -0.4 is 0 Å². The standard InChI is InChI=1S/C10H11N/c1-5-7(2)10-6-8(3)11-9(10)4/h1,6H,2-4H3. The molecule has 0 aromatic heterocycles. The Balaban J connectivity index is 3.15. The normalized spacial score (nSPS) is 20.5. The fourth-order valence-corrected chi connectivity index (χ4v) is 1.13. The van der Waals surface area contributed by atoms with E-state index >= 15 is 0 Å². The van der Waals surface area contributed by atoms with E-state index in [2.05, 4.69) is 10.9 Å². The average Bonchev–Trinajstić information content (AvgIpc) is 2.28. The maximum Gasteiger partial charge on any atom is 0.0457 e. The molecule has 0 fully saturated rings. The number of aliphatic imine (C=N–C) groups is 1. The smallest absolute Gasteiger partial charge is 0.0457 e. The molecule has 0 saturated carbocycles. The summed E-state index contributed by atoms with van der Waals surface area (Å²) in [5, 5.41) is 0. The van der Waals surface area contributed by atoms with Crippen LogP contribution in [0.2, 0.25) is 0 Å².